The maximum Gasteiger partial charge on any atom is 0.573 e. The van der Waals surface area contributed by atoms with Gasteiger partial charge in [0.25, 0.3) is 0 Å². The molecule has 136 valence electrons. The predicted molar refractivity (Wildman–Crippen MR) is 86.3 cm³/mol. The first-order valence-electron chi connectivity index (χ1n) is 7.02. The molecule has 0 aliphatic heterocycles. The largest absolute Gasteiger partial charge is 0.573 e. The monoisotopic (exact) mass is 393 g/mol. The van der Waals surface area contributed by atoms with Gasteiger partial charge in [-0.2, -0.15) is 0 Å². The van der Waals surface area contributed by atoms with Gasteiger partial charge in [0.05, 0.1) is 9.77 Å². The summed E-state index contributed by atoms with van der Waals surface area (Å²) >= 11 is 1.29. The molecule has 1 aromatic carbocycles. The van der Waals surface area contributed by atoms with E-state index >= 15 is 0 Å². The van der Waals surface area contributed by atoms with Crippen LogP contribution in [0.1, 0.15) is 21.5 Å². The van der Waals surface area contributed by atoms with E-state index in [0.29, 0.717) is 11.3 Å². The number of hydrogen-bond acceptors (Lipinski definition) is 5. The smallest absolute Gasteiger partial charge is 0.406 e. The van der Waals surface area contributed by atoms with Crippen molar-refractivity contribution in [1.82, 2.24) is 4.72 Å². The van der Waals surface area contributed by atoms with Gasteiger partial charge in [-0.15, -0.1) is 24.5 Å². The Bertz CT molecular complexity index is 842. The van der Waals surface area contributed by atoms with Crippen LogP contribution in [0.2, 0.25) is 0 Å². The van der Waals surface area contributed by atoms with Gasteiger partial charge in [-0.1, -0.05) is 0 Å². The number of carbonyl (C=O) groups is 1. The van der Waals surface area contributed by atoms with Crippen molar-refractivity contribution in [2.45, 2.75) is 24.6 Å². The Kier molecular flexibility index (Phi) is 5.86. The Balaban J connectivity index is 1.95. The fourth-order valence-corrected chi connectivity index (χ4v) is 3.85. The summed E-state index contributed by atoms with van der Waals surface area (Å²) in [5, 5.41) is 0. The molecule has 0 saturated carbocycles. The molecule has 0 fully saturated rings. The van der Waals surface area contributed by atoms with E-state index in [2.05, 4.69) is 9.46 Å². The SMILES string of the molecule is CC(=O)c1ccc(CCNS(=O)(=O)c2ccc(OC(F)(F)F)cc2)s1. The van der Waals surface area contributed by atoms with Crippen LogP contribution in [0.4, 0.5) is 13.2 Å². The zero-order valence-electron chi connectivity index (χ0n) is 13.0. The summed E-state index contributed by atoms with van der Waals surface area (Å²) in [5.74, 6) is -0.556. The highest BCUT2D eigenvalue weighted by molar-refractivity contribution is 7.89. The third kappa shape index (κ3) is 5.83. The molecular formula is C15H14F3NO4S2. The summed E-state index contributed by atoms with van der Waals surface area (Å²) in [6, 6.07) is 7.35. The first-order chi connectivity index (χ1) is 11.6. The van der Waals surface area contributed by atoms with Crippen molar-refractivity contribution in [2.75, 3.05) is 6.54 Å². The normalized spacial score (nSPS) is 12.2. The number of sulfonamides is 1. The quantitative estimate of drug-likeness (QED) is 0.732. The number of hydrogen-bond donors (Lipinski definition) is 1. The molecule has 5 nitrogen and oxygen atoms in total. The molecule has 1 heterocycles. The van der Waals surface area contributed by atoms with Crippen LogP contribution < -0.4 is 9.46 Å². The number of carbonyl (C=O) groups excluding carboxylic acids is 1. The average molecular weight is 393 g/mol. The molecule has 0 spiro atoms. The van der Waals surface area contributed by atoms with Crippen molar-refractivity contribution in [3.05, 3.63) is 46.2 Å². The number of rotatable bonds is 7. The Morgan fingerprint density at radius 2 is 1.80 bits per heavy atom. The first kappa shape index (κ1) is 19.4. The van der Waals surface area contributed by atoms with Crippen LogP contribution in [0.15, 0.2) is 41.3 Å². The van der Waals surface area contributed by atoms with Gasteiger partial charge in [0.15, 0.2) is 5.78 Å². The number of alkyl halides is 3. The van der Waals surface area contributed by atoms with Gasteiger partial charge >= 0.3 is 6.36 Å². The zero-order valence-corrected chi connectivity index (χ0v) is 14.6. The van der Waals surface area contributed by atoms with Crippen LogP contribution >= 0.6 is 11.3 Å². The fraction of sp³-hybridized carbons (Fsp3) is 0.267. The Labute approximate surface area is 146 Å². The molecule has 2 rings (SSSR count). The van der Waals surface area contributed by atoms with E-state index in [1.807, 2.05) is 0 Å². The van der Waals surface area contributed by atoms with Crippen molar-refractivity contribution in [1.29, 1.82) is 0 Å². The summed E-state index contributed by atoms with van der Waals surface area (Å²) in [7, 11) is -3.85. The number of thiophene rings is 1. The van der Waals surface area contributed by atoms with E-state index in [4.69, 9.17) is 0 Å². The maximum atomic E-state index is 12.1. The zero-order chi connectivity index (χ0) is 18.7. The van der Waals surface area contributed by atoms with Gasteiger partial charge in [0.2, 0.25) is 10.0 Å². The van der Waals surface area contributed by atoms with Crippen LogP contribution in [0.3, 0.4) is 0 Å². The molecule has 2 aromatic rings. The molecule has 0 bridgehead atoms. The summed E-state index contributed by atoms with van der Waals surface area (Å²) in [6.07, 6.45) is -4.44. The Morgan fingerprint density at radius 1 is 1.16 bits per heavy atom. The highest BCUT2D eigenvalue weighted by Gasteiger charge is 2.31. The van der Waals surface area contributed by atoms with Gasteiger partial charge in [0, 0.05) is 11.4 Å². The summed E-state index contributed by atoms with van der Waals surface area (Å²) in [5.41, 5.74) is 0. The van der Waals surface area contributed by atoms with Crippen molar-refractivity contribution < 1.29 is 31.1 Å². The standard InChI is InChI=1S/C15H14F3NO4S2/c1-10(20)14-7-4-12(24-14)8-9-19-25(21,22)13-5-2-11(3-6-13)23-15(16,17)18/h2-7,19H,8-9H2,1H3. The molecule has 10 heteroatoms. The molecule has 0 aliphatic carbocycles. The minimum atomic E-state index is -4.84. The van der Waals surface area contributed by atoms with E-state index in [9.17, 15) is 26.4 Å². The topological polar surface area (TPSA) is 72.5 Å². The van der Waals surface area contributed by atoms with Crippen LogP contribution in [-0.2, 0) is 16.4 Å². The first-order valence-corrected chi connectivity index (χ1v) is 9.32. The van der Waals surface area contributed by atoms with Crippen LogP contribution in [0.5, 0.6) is 5.75 Å². The fourth-order valence-electron chi connectivity index (χ4n) is 1.91. The third-order valence-electron chi connectivity index (χ3n) is 3.04. The second-order valence-electron chi connectivity index (χ2n) is 4.99. The van der Waals surface area contributed by atoms with Gasteiger partial charge in [-0.25, -0.2) is 13.1 Å². The number of nitrogens with one attached hydrogen (secondary N) is 1. The lowest BCUT2D eigenvalue weighted by Gasteiger charge is -2.10. The molecule has 1 aromatic heterocycles. The Morgan fingerprint density at radius 3 is 2.32 bits per heavy atom. The van der Waals surface area contributed by atoms with Crippen molar-refractivity contribution in [2.24, 2.45) is 0 Å². The lowest BCUT2D eigenvalue weighted by atomic mass is 10.3. The van der Waals surface area contributed by atoms with E-state index in [-0.39, 0.29) is 17.2 Å². The molecule has 0 atom stereocenters. The average Bonchev–Trinajstić information content (AvgIpc) is 2.95. The number of Topliss-reactive ketones (excluding diaryl/α,β-unsaturated/α-hetero) is 1. The third-order valence-corrected chi connectivity index (χ3v) is 5.76. The van der Waals surface area contributed by atoms with Crippen LogP contribution in [0, 0.1) is 0 Å². The number of ketones is 1. The van der Waals surface area contributed by atoms with Crippen molar-refractivity contribution in [3.63, 3.8) is 0 Å². The van der Waals surface area contributed by atoms with Gasteiger partial charge < -0.3 is 4.74 Å². The summed E-state index contributed by atoms with van der Waals surface area (Å²) < 4.78 is 66.5. The number of ether oxygens (including phenoxy) is 1. The number of halogens is 3. The van der Waals surface area contributed by atoms with Gasteiger partial charge in [-0.05, 0) is 49.7 Å². The van der Waals surface area contributed by atoms with Gasteiger partial charge in [-0.3, -0.25) is 4.79 Å². The molecule has 0 aliphatic rings. The molecular weight excluding hydrogens is 379 g/mol. The minimum Gasteiger partial charge on any atom is -0.406 e. The molecule has 0 amide bonds. The molecule has 0 radical (unpaired) electrons. The van der Waals surface area contributed by atoms with Crippen molar-refractivity contribution >= 4 is 27.1 Å². The van der Waals surface area contributed by atoms with Crippen LogP contribution in [0.25, 0.3) is 0 Å². The van der Waals surface area contributed by atoms with E-state index in [1.54, 1.807) is 12.1 Å². The lowest BCUT2D eigenvalue weighted by molar-refractivity contribution is -0.274. The summed E-state index contributed by atoms with van der Waals surface area (Å²) in [4.78, 5) is 12.5. The second kappa shape index (κ2) is 7.54. The van der Waals surface area contributed by atoms with Crippen molar-refractivity contribution in [3.8, 4) is 5.75 Å². The Hall–Kier alpha value is -1.91. The highest BCUT2D eigenvalue weighted by atomic mass is 32.2. The maximum absolute atomic E-state index is 12.1. The predicted octanol–water partition coefficient (Wildman–Crippen LogP) is 3.37. The van der Waals surface area contributed by atoms with E-state index in [0.717, 1.165) is 29.1 Å². The minimum absolute atomic E-state index is 0.0574. The number of benzene rings is 1. The van der Waals surface area contributed by atoms with E-state index in [1.165, 1.54) is 18.3 Å². The molecule has 25 heavy (non-hydrogen) atoms. The summed E-state index contributed by atoms with van der Waals surface area (Å²) in [6.45, 7) is 1.55. The lowest BCUT2D eigenvalue weighted by Crippen LogP contribution is -2.25. The molecule has 1 N–H and O–H groups in total. The highest BCUT2D eigenvalue weighted by Crippen LogP contribution is 2.24. The van der Waals surface area contributed by atoms with E-state index < -0.39 is 22.1 Å². The molecule has 0 unspecified atom stereocenters. The second-order valence-corrected chi connectivity index (χ2v) is 7.92. The van der Waals surface area contributed by atoms with Crippen LogP contribution in [-0.4, -0.2) is 27.1 Å². The molecule has 0 saturated heterocycles. The van der Waals surface area contributed by atoms with Gasteiger partial charge in [0.1, 0.15) is 5.75 Å².